The average Bonchev–Trinajstić information content (AvgIpc) is 3.37. The Hall–Kier alpha value is -4.59. The summed E-state index contributed by atoms with van der Waals surface area (Å²) in [4.78, 5) is 27.5. The average molecular weight is 416 g/mol. The number of carbonyl (C=O) groups is 1. The number of aryl methyl sites for hydroxylation is 2. The van der Waals surface area contributed by atoms with Gasteiger partial charge in [0.15, 0.2) is 5.65 Å². The molecule has 154 valence electrons. The number of non-ortho nitro benzene ring substituents is 1. The molecule has 0 fully saturated rings. The van der Waals surface area contributed by atoms with Gasteiger partial charge in [0.1, 0.15) is 11.6 Å². The van der Waals surface area contributed by atoms with Crippen LogP contribution in [-0.2, 0) is 6.54 Å². The minimum absolute atomic E-state index is 0.0183. The van der Waals surface area contributed by atoms with Gasteiger partial charge >= 0.3 is 0 Å². The van der Waals surface area contributed by atoms with Gasteiger partial charge in [-0.15, -0.1) is 0 Å². The second-order valence-corrected chi connectivity index (χ2v) is 6.66. The van der Waals surface area contributed by atoms with Crippen LogP contribution in [0, 0.1) is 28.4 Å². The van der Waals surface area contributed by atoms with Crippen LogP contribution in [0.1, 0.15) is 28.5 Å². The number of hydrogen-bond acceptors (Lipinski definition) is 7. The van der Waals surface area contributed by atoms with Gasteiger partial charge in [-0.25, -0.2) is 9.50 Å². The first-order valence-electron chi connectivity index (χ1n) is 9.30. The first kappa shape index (κ1) is 19.7. The van der Waals surface area contributed by atoms with Crippen molar-refractivity contribution in [2.24, 2.45) is 0 Å². The van der Waals surface area contributed by atoms with Gasteiger partial charge in [-0.1, -0.05) is 0 Å². The van der Waals surface area contributed by atoms with Crippen molar-refractivity contribution in [2.45, 2.75) is 20.4 Å². The van der Waals surface area contributed by atoms with E-state index in [9.17, 15) is 20.2 Å². The zero-order valence-corrected chi connectivity index (χ0v) is 16.6. The number of fused-ring (bicyclic) bond motifs is 1. The van der Waals surface area contributed by atoms with Crippen molar-refractivity contribution in [3.63, 3.8) is 0 Å². The summed E-state index contributed by atoms with van der Waals surface area (Å²) in [6.07, 6.45) is 4.87. The quantitative estimate of drug-likeness (QED) is 0.389. The van der Waals surface area contributed by atoms with Gasteiger partial charge in [-0.2, -0.15) is 15.5 Å². The van der Waals surface area contributed by atoms with Gasteiger partial charge in [-0.3, -0.25) is 19.6 Å². The highest BCUT2D eigenvalue weighted by molar-refractivity contribution is 6.08. The molecule has 4 rings (SSSR count). The summed E-state index contributed by atoms with van der Waals surface area (Å²) in [5, 5.41) is 31.6. The summed E-state index contributed by atoms with van der Waals surface area (Å²) < 4.78 is 3.37. The van der Waals surface area contributed by atoms with Crippen molar-refractivity contribution in [3.05, 3.63) is 69.8 Å². The van der Waals surface area contributed by atoms with E-state index in [-0.39, 0.29) is 22.5 Å². The molecule has 0 aliphatic rings. The highest BCUT2D eigenvalue weighted by atomic mass is 16.6. The van der Waals surface area contributed by atoms with Gasteiger partial charge in [0.25, 0.3) is 11.6 Å². The molecule has 0 unspecified atom stereocenters. The number of carbonyl (C=O) groups excluding carboxylic acids is 1. The lowest BCUT2D eigenvalue weighted by atomic mass is 10.1. The molecule has 0 radical (unpaired) electrons. The van der Waals surface area contributed by atoms with E-state index in [2.05, 4.69) is 20.5 Å². The Morgan fingerprint density at radius 3 is 2.84 bits per heavy atom. The van der Waals surface area contributed by atoms with Crippen molar-refractivity contribution >= 4 is 22.9 Å². The summed E-state index contributed by atoms with van der Waals surface area (Å²) in [5.74, 6) is -0.536. The molecular formula is C20H16N8O3. The molecule has 11 nitrogen and oxygen atoms in total. The predicted octanol–water partition coefficient (Wildman–Crippen LogP) is 2.95. The van der Waals surface area contributed by atoms with E-state index in [1.165, 1.54) is 18.3 Å². The number of nitrogens with one attached hydrogen (secondary N) is 1. The molecule has 0 spiro atoms. The Bertz CT molecular complexity index is 1380. The van der Waals surface area contributed by atoms with E-state index >= 15 is 0 Å². The molecule has 0 saturated heterocycles. The Morgan fingerprint density at radius 1 is 1.35 bits per heavy atom. The third-order valence-corrected chi connectivity index (χ3v) is 4.77. The van der Waals surface area contributed by atoms with E-state index in [1.807, 2.05) is 30.8 Å². The predicted molar refractivity (Wildman–Crippen MR) is 110 cm³/mol. The molecule has 0 bridgehead atoms. The number of aromatic nitrogens is 5. The van der Waals surface area contributed by atoms with Crippen LogP contribution in [0.4, 0.5) is 11.4 Å². The third kappa shape index (κ3) is 3.46. The lowest BCUT2D eigenvalue weighted by molar-refractivity contribution is -0.384. The van der Waals surface area contributed by atoms with E-state index < -0.39 is 10.8 Å². The van der Waals surface area contributed by atoms with Gasteiger partial charge < -0.3 is 5.32 Å². The minimum Gasteiger partial charge on any atom is -0.321 e. The smallest absolute Gasteiger partial charge is 0.270 e. The van der Waals surface area contributed by atoms with Crippen LogP contribution in [0.5, 0.6) is 0 Å². The third-order valence-electron chi connectivity index (χ3n) is 4.77. The van der Waals surface area contributed by atoms with Crippen molar-refractivity contribution in [1.82, 2.24) is 24.4 Å². The fourth-order valence-corrected chi connectivity index (χ4v) is 3.22. The monoisotopic (exact) mass is 416 g/mol. The molecular weight excluding hydrogens is 400 g/mol. The number of rotatable bonds is 5. The van der Waals surface area contributed by atoms with Gasteiger partial charge in [0.2, 0.25) is 0 Å². The standard InChI is InChI=1S/C20H16N8O3/c1-3-26-11-16(12(2)25-26)18-6-7-22-19-15(10-23-27(18)19)20(29)24-17-5-4-14(28(30)31)8-13(17)9-21/h4-8,10-11H,3H2,1-2H3,(H,24,29). The first-order valence-corrected chi connectivity index (χ1v) is 9.30. The number of nitro benzene ring substituents is 1. The molecule has 0 saturated carbocycles. The van der Waals surface area contributed by atoms with Crippen molar-refractivity contribution in [3.8, 4) is 17.3 Å². The van der Waals surface area contributed by atoms with Crippen LogP contribution in [-0.4, -0.2) is 35.2 Å². The molecule has 3 aromatic heterocycles. The molecule has 11 heteroatoms. The lowest BCUT2D eigenvalue weighted by Gasteiger charge is -2.07. The van der Waals surface area contributed by atoms with E-state index in [4.69, 9.17) is 0 Å². The molecule has 4 aromatic rings. The highest BCUT2D eigenvalue weighted by Gasteiger charge is 2.20. The number of hydrogen-bond donors (Lipinski definition) is 1. The number of benzene rings is 1. The van der Waals surface area contributed by atoms with Crippen LogP contribution in [0.15, 0.2) is 42.9 Å². The SMILES string of the molecule is CCn1cc(-c2ccnc3c(C(=O)Nc4ccc([N+](=O)[O-])cc4C#N)cnn23)c(C)n1. The summed E-state index contributed by atoms with van der Waals surface area (Å²) in [5.41, 5.74) is 2.86. The van der Waals surface area contributed by atoms with Gasteiger partial charge in [0.05, 0.1) is 33.8 Å². The van der Waals surface area contributed by atoms with Crippen LogP contribution in [0.2, 0.25) is 0 Å². The number of nitro groups is 1. The van der Waals surface area contributed by atoms with Crippen molar-refractivity contribution in [1.29, 1.82) is 5.26 Å². The Kier molecular flexibility index (Phi) is 4.88. The highest BCUT2D eigenvalue weighted by Crippen LogP contribution is 2.25. The fraction of sp³-hybridized carbons (Fsp3) is 0.150. The molecule has 0 aliphatic heterocycles. The van der Waals surface area contributed by atoms with E-state index in [1.54, 1.807) is 16.8 Å². The molecule has 3 heterocycles. The second kappa shape index (κ2) is 7.68. The van der Waals surface area contributed by atoms with Gasteiger partial charge in [0, 0.05) is 36.6 Å². The van der Waals surface area contributed by atoms with E-state index in [0.717, 1.165) is 29.6 Å². The van der Waals surface area contributed by atoms with Crippen molar-refractivity contribution in [2.75, 3.05) is 5.32 Å². The fourth-order valence-electron chi connectivity index (χ4n) is 3.22. The molecule has 0 aliphatic carbocycles. The van der Waals surface area contributed by atoms with Crippen LogP contribution in [0.25, 0.3) is 16.9 Å². The van der Waals surface area contributed by atoms with E-state index in [0.29, 0.717) is 5.65 Å². The molecule has 1 aromatic carbocycles. The zero-order chi connectivity index (χ0) is 22.1. The van der Waals surface area contributed by atoms with Crippen LogP contribution >= 0.6 is 0 Å². The maximum atomic E-state index is 12.9. The summed E-state index contributed by atoms with van der Waals surface area (Å²) >= 11 is 0. The minimum atomic E-state index is -0.605. The van der Waals surface area contributed by atoms with Gasteiger partial charge in [-0.05, 0) is 26.0 Å². The number of anilines is 1. The molecule has 1 N–H and O–H groups in total. The maximum absolute atomic E-state index is 12.9. The number of amides is 1. The van der Waals surface area contributed by atoms with Crippen LogP contribution in [0.3, 0.4) is 0 Å². The maximum Gasteiger partial charge on any atom is 0.270 e. The lowest BCUT2D eigenvalue weighted by Crippen LogP contribution is -2.13. The normalized spacial score (nSPS) is 10.7. The second-order valence-electron chi connectivity index (χ2n) is 6.66. The summed E-state index contributed by atoms with van der Waals surface area (Å²) in [6.45, 7) is 4.60. The zero-order valence-electron chi connectivity index (χ0n) is 16.6. The Labute approximate surface area is 175 Å². The van der Waals surface area contributed by atoms with Crippen LogP contribution < -0.4 is 5.32 Å². The van der Waals surface area contributed by atoms with Crippen molar-refractivity contribution < 1.29 is 9.72 Å². The topological polar surface area (TPSA) is 144 Å². The molecule has 31 heavy (non-hydrogen) atoms. The molecule has 0 atom stereocenters. The first-order chi connectivity index (χ1) is 14.9. The largest absolute Gasteiger partial charge is 0.321 e. The Balaban J connectivity index is 1.71. The number of nitrogens with zero attached hydrogens (tertiary/aromatic N) is 7. The number of nitriles is 1. The Morgan fingerprint density at radius 2 is 2.16 bits per heavy atom. The summed E-state index contributed by atoms with van der Waals surface area (Å²) in [7, 11) is 0. The summed E-state index contributed by atoms with van der Waals surface area (Å²) in [6, 6.07) is 7.29. The molecule has 1 amide bonds.